The van der Waals surface area contributed by atoms with Crippen molar-refractivity contribution in [3.63, 3.8) is 0 Å². The first kappa shape index (κ1) is 32.7. The van der Waals surface area contributed by atoms with Crippen LogP contribution in [0.1, 0.15) is 99.8 Å². The Morgan fingerprint density at radius 2 is 1.57 bits per heavy atom. The first-order valence-electron chi connectivity index (χ1n) is 15.3. The molecule has 0 saturated heterocycles. The van der Waals surface area contributed by atoms with Crippen LogP contribution in [0.15, 0.2) is 11.6 Å². The summed E-state index contributed by atoms with van der Waals surface area (Å²) in [6, 6.07) is 2.22. The van der Waals surface area contributed by atoms with E-state index in [-0.39, 0.29) is 50.6 Å². The van der Waals surface area contributed by atoms with E-state index in [9.17, 15) is 28.0 Å². The quantitative estimate of drug-likeness (QED) is 0.342. The van der Waals surface area contributed by atoms with Crippen molar-refractivity contribution in [3.05, 3.63) is 11.6 Å². The first-order valence-corrected chi connectivity index (χ1v) is 15.3. The molecule has 0 heterocycles. The molecule has 42 heavy (non-hydrogen) atoms. The number of allylic oxidation sites excluding steroid dienone is 2. The number of Topliss-reactive ketones (excluding diaryl/α,β-unsaturated/α-hetero) is 2. The average Bonchev–Trinajstić information content (AvgIpc) is 2.87. The standard InChI is InChI=1S/C31H46N2O2.C2HF3O2/c1-26(2)10-12-31(18-33)13-11-30(7)24(20(31)16-26)21(34)14-23-28(5)15-19(17-32)25(35)27(3,4)22(28)8-9-29(23,30)6;3-2(4,5)1(6)7/h15,20,22-24H,8-14,16,18,33H2,1-7H3;(H,6,7)/t20-,22?,23?,24+,28+,29-,30-,31-;/m1./s1. The summed E-state index contributed by atoms with van der Waals surface area (Å²) in [4.78, 5) is 36.4. The van der Waals surface area contributed by atoms with Gasteiger partial charge in [-0.05, 0) is 96.3 Å². The lowest BCUT2D eigenvalue weighted by Crippen LogP contribution is -2.69. The largest absolute Gasteiger partial charge is 0.490 e. The maximum absolute atomic E-state index is 14.4. The minimum Gasteiger partial charge on any atom is -0.475 e. The molecule has 0 aromatic rings. The van der Waals surface area contributed by atoms with Crippen LogP contribution < -0.4 is 5.73 Å². The van der Waals surface area contributed by atoms with Gasteiger partial charge in [0, 0.05) is 17.8 Å². The fraction of sp³-hybridized carbons (Fsp3) is 0.818. The number of rotatable bonds is 1. The predicted octanol–water partition coefficient (Wildman–Crippen LogP) is 6.88. The molecule has 2 unspecified atom stereocenters. The topological polar surface area (TPSA) is 121 Å². The van der Waals surface area contributed by atoms with Crippen molar-refractivity contribution in [1.82, 2.24) is 0 Å². The van der Waals surface area contributed by atoms with Gasteiger partial charge in [-0.1, -0.05) is 54.5 Å². The van der Waals surface area contributed by atoms with E-state index < -0.39 is 17.6 Å². The molecule has 9 heteroatoms. The van der Waals surface area contributed by atoms with E-state index >= 15 is 0 Å². The molecule has 5 rings (SSSR count). The fourth-order valence-electron chi connectivity index (χ4n) is 10.8. The third-order valence-corrected chi connectivity index (χ3v) is 13.3. The second-order valence-electron chi connectivity index (χ2n) is 16.1. The summed E-state index contributed by atoms with van der Waals surface area (Å²) < 4.78 is 31.7. The Balaban J connectivity index is 0.000000517. The zero-order chi connectivity index (χ0) is 31.9. The highest BCUT2D eigenvalue weighted by Gasteiger charge is 2.72. The van der Waals surface area contributed by atoms with E-state index in [1.807, 2.05) is 19.9 Å². The molecule has 5 aliphatic rings. The van der Waals surface area contributed by atoms with Crippen molar-refractivity contribution in [2.24, 2.45) is 61.9 Å². The van der Waals surface area contributed by atoms with Crippen LogP contribution in [0, 0.1) is 67.5 Å². The van der Waals surface area contributed by atoms with Crippen LogP contribution in [-0.4, -0.2) is 35.4 Å². The van der Waals surface area contributed by atoms with Crippen LogP contribution in [0.4, 0.5) is 13.2 Å². The lowest BCUT2D eigenvalue weighted by atomic mass is 9.31. The highest BCUT2D eigenvalue weighted by molar-refractivity contribution is 6.04. The van der Waals surface area contributed by atoms with Crippen LogP contribution in [0.25, 0.3) is 0 Å². The van der Waals surface area contributed by atoms with E-state index in [0.29, 0.717) is 30.2 Å². The van der Waals surface area contributed by atoms with Gasteiger partial charge in [-0.25, -0.2) is 4.79 Å². The molecule has 0 amide bonds. The van der Waals surface area contributed by atoms with E-state index in [1.165, 1.54) is 6.42 Å². The molecule has 0 spiro atoms. The van der Waals surface area contributed by atoms with E-state index in [0.717, 1.165) is 38.5 Å². The van der Waals surface area contributed by atoms with Crippen molar-refractivity contribution >= 4 is 17.5 Å². The van der Waals surface area contributed by atoms with Crippen molar-refractivity contribution < 1.29 is 32.7 Å². The molecule has 6 nitrogen and oxygen atoms in total. The number of ketones is 2. The zero-order valence-electron chi connectivity index (χ0n) is 26.1. The minimum atomic E-state index is -5.08. The van der Waals surface area contributed by atoms with Gasteiger partial charge in [-0.2, -0.15) is 18.4 Å². The Morgan fingerprint density at radius 1 is 1.00 bits per heavy atom. The maximum Gasteiger partial charge on any atom is 0.490 e. The van der Waals surface area contributed by atoms with Crippen LogP contribution in [0.2, 0.25) is 0 Å². The van der Waals surface area contributed by atoms with Gasteiger partial charge < -0.3 is 10.8 Å². The van der Waals surface area contributed by atoms with Crippen molar-refractivity contribution in [2.75, 3.05) is 6.54 Å². The molecule has 0 bridgehead atoms. The van der Waals surface area contributed by atoms with Crippen molar-refractivity contribution in [2.45, 2.75) is 106 Å². The van der Waals surface area contributed by atoms with Gasteiger partial charge in [0.15, 0.2) is 5.78 Å². The number of nitriles is 1. The first-order chi connectivity index (χ1) is 19.1. The molecule has 0 aromatic carbocycles. The van der Waals surface area contributed by atoms with Gasteiger partial charge >= 0.3 is 12.1 Å². The Morgan fingerprint density at radius 3 is 2.10 bits per heavy atom. The highest BCUT2D eigenvalue weighted by atomic mass is 19.4. The number of aliphatic carboxylic acids is 1. The number of halogens is 3. The molecule has 0 aromatic heterocycles. The molecular formula is C33H47F3N2O4. The van der Waals surface area contributed by atoms with E-state index in [4.69, 9.17) is 15.6 Å². The molecular weight excluding hydrogens is 545 g/mol. The minimum absolute atomic E-state index is 0.00723. The van der Waals surface area contributed by atoms with Gasteiger partial charge in [0.25, 0.3) is 0 Å². The third-order valence-electron chi connectivity index (χ3n) is 13.3. The van der Waals surface area contributed by atoms with Crippen molar-refractivity contribution in [3.8, 4) is 6.07 Å². The lowest BCUT2D eigenvalue weighted by molar-refractivity contribution is -0.221. The van der Waals surface area contributed by atoms with Crippen LogP contribution in [0.3, 0.4) is 0 Å². The smallest absolute Gasteiger partial charge is 0.475 e. The number of nitrogens with two attached hydrogens (primary N) is 1. The van der Waals surface area contributed by atoms with Crippen LogP contribution >= 0.6 is 0 Å². The summed E-state index contributed by atoms with van der Waals surface area (Å²) in [5, 5.41) is 17.0. The van der Waals surface area contributed by atoms with Crippen LogP contribution in [-0.2, 0) is 14.4 Å². The van der Waals surface area contributed by atoms with E-state index in [1.54, 1.807) is 0 Å². The molecule has 4 fully saturated rings. The Bertz CT molecular complexity index is 1250. The SMILES string of the molecule is CC1(C)CC[C@]2(CN)CC[C@]3(C)[C@H](C(=O)CC4[C@@]5(C)C=C(C#N)C(=O)C(C)(C)C5CC[C@]43C)[C@H]2C1.O=C(O)C(F)(F)F. The Kier molecular flexibility index (Phi) is 7.71. The molecule has 0 aliphatic heterocycles. The van der Waals surface area contributed by atoms with Crippen molar-refractivity contribution in [1.29, 1.82) is 5.26 Å². The number of nitrogens with zero attached hydrogens (tertiary/aromatic N) is 1. The number of carboxylic acid groups (broad SMARTS) is 1. The van der Waals surface area contributed by atoms with E-state index in [2.05, 4.69) is 40.7 Å². The molecule has 8 atom stereocenters. The number of fused-ring (bicyclic) bond motifs is 7. The number of carboxylic acids is 1. The summed E-state index contributed by atoms with van der Waals surface area (Å²) in [6.45, 7) is 16.7. The summed E-state index contributed by atoms with van der Waals surface area (Å²) in [7, 11) is 0. The highest BCUT2D eigenvalue weighted by Crippen LogP contribution is 2.75. The summed E-state index contributed by atoms with van der Waals surface area (Å²) >= 11 is 0. The molecule has 234 valence electrons. The summed E-state index contributed by atoms with van der Waals surface area (Å²) in [6.07, 6.45) is 5.13. The zero-order valence-corrected chi connectivity index (χ0v) is 26.1. The molecule has 3 N–H and O–H groups in total. The van der Waals surface area contributed by atoms with Crippen LogP contribution in [0.5, 0.6) is 0 Å². The number of hydrogen-bond donors (Lipinski definition) is 2. The number of alkyl halides is 3. The van der Waals surface area contributed by atoms with Gasteiger partial charge in [-0.3, -0.25) is 9.59 Å². The van der Waals surface area contributed by atoms with Gasteiger partial charge in [0.05, 0.1) is 5.57 Å². The molecule has 5 aliphatic carbocycles. The predicted molar refractivity (Wildman–Crippen MR) is 152 cm³/mol. The fourth-order valence-corrected chi connectivity index (χ4v) is 10.8. The third kappa shape index (κ3) is 4.57. The Labute approximate surface area is 247 Å². The number of carbonyl (C=O) groups excluding carboxylic acids is 2. The van der Waals surface area contributed by atoms with Gasteiger partial charge in [0.2, 0.25) is 0 Å². The van der Waals surface area contributed by atoms with Gasteiger partial charge in [-0.15, -0.1) is 0 Å². The van der Waals surface area contributed by atoms with Gasteiger partial charge in [0.1, 0.15) is 11.9 Å². The second kappa shape index (κ2) is 9.90. The lowest BCUT2D eigenvalue weighted by Gasteiger charge is -2.72. The maximum atomic E-state index is 14.4. The number of hydrogen-bond acceptors (Lipinski definition) is 5. The monoisotopic (exact) mass is 592 g/mol. The second-order valence-corrected chi connectivity index (χ2v) is 16.1. The average molecular weight is 593 g/mol. The molecule has 0 radical (unpaired) electrons. The summed E-state index contributed by atoms with van der Waals surface area (Å²) in [5.74, 6) is -1.61. The summed E-state index contributed by atoms with van der Waals surface area (Å²) in [5.41, 5.74) is 6.18. The normalized spacial score (nSPS) is 43.6. The molecule has 4 saturated carbocycles. The number of carbonyl (C=O) groups is 3. The Hall–Kier alpha value is -2.21.